The minimum Gasteiger partial charge on any atom is -0.381 e. The molecule has 3 heterocycles. The molecule has 0 amide bonds. The van der Waals surface area contributed by atoms with E-state index in [1.54, 1.807) is 0 Å². The molecule has 0 radical (unpaired) electrons. The zero-order valence-electron chi connectivity index (χ0n) is 13.2. The summed E-state index contributed by atoms with van der Waals surface area (Å²) in [6, 6.07) is 0.305. The lowest BCUT2D eigenvalue weighted by Crippen LogP contribution is -2.48. The van der Waals surface area contributed by atoms with Gasteiger partial charge in [0.1, 0.15) is 0 Å². The van der Waals surface area contributed by atoms with Crippen molar-refractivity contribution in [2.75, 3.05) is 26.4 Å². The molecule has 4 heteroatoms. The molecule has 2 N–H and O–H groups in total. The van der Waals surface area contributed by atoms with Gasteiger partial charge in [0.15, 0.2) is 0 Å². The predicted octanol–water partition coefficient (Wildman–Crippen LogP) is 2.64. The molecule has 0 aliphatic carbocycles. The zero-order valence-corrected chi connectivity index (χ0v) is 13.2. The topological polar surface area (TPSA) is 53.7 Å². The summed E-state index contributed by atoms with van der Waals surface area (Å²) in [6.45, 7) is 3.51. The molecule has 3 unspecified atom stereocenters. The molecule has 0 bridgehead atoms. The molecule has 0 aromatic heterocycles. The highest BCUT2D eigenvalue weighted by molar-refractivity contribution is 4.92. The fraction of sp³-hybridized carbons (Fsp3) is 1.00. The van der Waals surface area contributed by atoms with Gasteiger partial charge < -0.3 is 19.9 Å². The summed E-state index contributed by atoms with van der Waals surface area (Å²) in [4.78, 5) is 0. The molecule has 0 aromatic rings. The Morgan fingerprint density at radius 3 is 2.67 bits per heavy atom. The van der Waals surface area contributed by atoms with Crippen molar-refractivity contribution in [1.29, 1.82) is 0 Å². The van der Waals surface area contributed by atoms with Crippen LogP contribution in [0.3, 0.4) is 0 Å². The fourth-order valence-electron chi connectivity index (χ4n) is 4.17. The average molecular weight is 297 g/mol. The van der Waals surface area contributed by atoms with Crippen LogP contribution in [0.25, 0.3) is 0 Å². The monoisotopic (exact) mass is 297 g/mol. The van der Waals surface area contributed by atoms with Gasteiger partial charge in [-0.15, -0.1) is 0 Å². The van der Waals surface area contributed by atoms with Gasteiger partial charge in [-0.25, -0.2) is 0 Å². The Hall–Kier alpha value is -0.160. The summed E-state index contributed by atoms with van der Waals surface area (Å²) < 4.78 is 17.4. The molecule has 3 saturated heterocycles. The molecule has 21 heavy (non-hydrogen) atoms. The van der Waals surface area contributed by atoms with E-state index in [-0.39, 0.29) is 5.60 Å². The molecule has 3 atom stereocenters. The number of nitrogens with two attached hydrogens (primary N) is 1. The van der Waals surface area contributed by atoms with Crippen LogP contribution < -0.4 is 5.73 Å². The lowest BCUT2D eigenvalue weighted by Gasteiger charge is -2.45. The van der Waals surface area contributed by atoms with E-state index in [0.29, 0.717) is 18.1 Å². The van der Waals surface area contributed by atoms with Crippen molar-refractivity contribution in [3.05, 3.63) is 0 Å². The van der Waals surface area contributed by atoms with Crippen LogP contribution in [-0.4, -0.2) is 44.2 Å². The Labute approximate surface area is 128 Å². The van der Waals surface area contributed by atoms with Gasteiger partial charge in [-0.3, -0.25) is 0 Å². The zero-order chi connectivity index (χ0) is 14.5. The van der Waals surface area contributed by atoms with Gasteiger partial charge in [0.25, 0.3) is 0 Å². The largest absolute Gasteiger partial charge is 0.381 e. The Kier molecular flexibility index (Phi) is 5.54. The minimum atomic E-state index is 0.0696. The molecule has 0 saturated carbocycles. The minimum absolute atomic E-state index is 0.0696. The van der Waals surface area contributed by atoms with Crippen molar-refractivity contribution < 1.29 is 14.2 Å². The molecule has 3 rings (SSSR count). The third-order valence-electron chi connectivity index (χ3n) is 5.64. The quantitative estimate of drug-likeness (QED) is 0.866. The predicted molar refractivity (Wildman–Crippen MR) is 82.3 cm³/mol. The molecule has 3 fully saturated rings. The summed E-state index contributed by atoms with van der Waals surface area (Å²) in [5.74, 6) is 0.612. The highest BCUT2D eigenvalue weighted by Gasteiger charge is 2.40. The highest BCUT2D eigenvalue weighted by Crippen LogP contribution is 2.38. The third-order valence-corrected chi connectivity index (χ3v) is 5.64. The van der Waals surface area contributed by atoms with E-state index in [4.69, 9.17) is 19.9 Å². The second kappa shape index (κ2) is 7.40. The van der Waals surface area contributed by atoms with Crippen LogP contribution >= 0.6 is 0 Å². The summed E-state index contributed by atoms with van der Waals surface area (Å²) in [5.41, 5.74) is 6.58. The van der Waals surface area contributed by atoms with E-state index >= 15 is 0 Å². The van der Waals surface area contributed by atoms with Crippen molar-refractivity contribution in [3.63, 3.8) is 0 Å². The highest BCUT2D eigenvalue weighted by atomic mass is 16.5. The van der Waals surface area contributed by atoms with Gasteiger partial charge in [0.05, 0.1) is 11.7 Å². The fourth-order valence-corrected chi connectivity index (χ4v) is 4.17. The molecular weight excluding hydrogens is 266 g/mol. The molecule has 1 spiro atoms. The smallest absolute Gasteiger partial charge is 0.0729 e. The van der Waals surface area contributed by atoms with Crippen LogP contribution in [0.1, 0.15) is 57.8 Å². The van der Waals surface area contributed by atoms with Crippen molar-refractivity contribution in [2.24, 2.45) is 11.7 Å². The first-order chi connectivity index (χ1) is 10.3. The van der Waals surface area contributed by atoms with E-state index in [1.807, 2.05) is 0 Å². The number of ether oxygens (including phenoxy) is 3. The van der Waals surface area contributed by atoms with Crippen LogP contribution in [0.15, 0.2) is 0 Å². The maximum atomic E-state index is 6.51. The second-order valence-corrected chi connectivity index (χ2v) is 7.13. The standard InChI is InChI=1S/C17H31NO3/c18-16(5-4-15-3-1-2-9-20-15)14-6-10-21-17(13-14)7-11-19-12-8-17/h14-16H,1-13,18H2. The van der Waals surface area contributed by atoms with Gasteiger partial charge >= 0.3 is 0 Å². The van der Waals surface area contributed by atoms with Crippen LogP contribution in [0.2, 0.25) is 0 Å². The van der Waals surface area contributed by atoms with Crippen LogP contribution in [0, 0.1) is 5.92 Å². The van der Waals surface area contributed by atoms with E-state index in [0.717, 1.165) is 65.0 Å². The first-order valence-electron chi connectivity index (χ1n) is 8.86. The molecule has 3 aliphatic heterocycles. The van der Waals surface area contributed by atoms with E-state index in [2.05, 4.69) is 0 Å². The number of hydrogen-bond donors (Lipinski definition) is 1. The summed E-state index contributed by atoms with van der Waals surface area (Å²) in [7, 11) is 0. The second-order valence-electron chi connectivity index (χ2n) is 7.13. The Bertz CT molecular complexity index is 306. The average Bonchev–Trinajstić information content (AvgIpc) is 2.54. The maximum Gasteiger partial charge on any atom is 0.0729 e. The number of hydrogen-bond acceptors (Lipinski definition) is 4. The van der Waals surface area contributed by atoms with Gasteiger partial charge in [-0.2, -0.15) is 0 Å². The molecule has 4 nitrogen and oxygen atoms in total. The lowest BCUT2D eigenvalue weighted by molar-refractivity contribution is -0.149. The Morgan fingerprint density at radius 1 is 1.05 bits per heavy atom. The summed E-state index contributed by atoms with van der Waals surface area (Å²) >= 11 is 0. The van der Waals surface area contributed by atoms with Crippen molar-refractivity contribution in [2.45, 2.75) is 75.5 Å². The Balaban J connectivity index is 1.46. The van der Waals surface area contributed by atoms with E-state index in [9.17, 15) is 0 Å². The SMILES string of the molecule is NC(CCC1CCCCO1)C1CCOC2(CCOCC2)C1. The lowest BCUT2D eigenvalue weighted by atomic mass is 9.77. The van der Waals surface area contributed by atoms with Crippen molar-refractivity contribution in [3.8, 4) is 0 Å². The van der Waals surface area contributed by atoms with Crippen LogP contribution in [-0.2, 0) is 14.2 Å². The Morgan fingerprint density at radius 2 is 1.90 bits per heavy atom. The van der Waals surface area contributed by atoms with Gasteiger partial charge in [-0.05, 0) is 63.7 Å². The van der Waals surface area contributed by atoms with Gasteiger partial charge in [-0.1, -0.05) is 0 Å². The molecule has 122 valence electrons. The van der Waals surface area contributed by atoms with Gasteiger partial charge in [0.2, 0.25) is 0 Å². The first kappa shape index (κ1) is 15.7. The van der Waals surface area contributed by atoms with Crippen molar-refractivity contribution >= 4 is 0 Å². The van der Waals surface area contributed by atoms with E-state index in [1.165, 1.54) is 19.3 Å². The maximum absolute atomic E-state index is 6.51. The van der Waals surface area contributed by atoms with Crippen LogP contribution in [0.4, 0.5) is 0 Å². The van der Waals surface area contributed by atoms with Gasteiger partial charge in [0, 0.05) is 32.5 Å². The first-order valence-corrected chi connectivity index (χ1v) is 8.86. The third kappa shape index (κ3) is 4.19. The normalized spacial score (nSPS) is 34.7. The van der Waals surface area contributed by atoms with Crippen LogP contribution in [0.5, 0.6) is 0 Å². The molecular formula is C17H31NO3. The van der Waals surface area contributed by atoms with E-state index < -0.39 is 0 Å². The molecule has 3 aliphatic rings. The summed E-state index contributed by atoms with van der Waals surface area (Å²) in [5, 5.41) is 0. The van der Waals surface area contributed by atoms with Crippen molar-refractivity contribution in [1.82, 2.24) is 0 Å². The number of rotatable bonds is 4. The molecule has 0 aromatic carbocycles. The summed E-state index contributed by atoms with van der Waals surface area (Å²) in [6.07, 6.45) is 10.8.